The maximum Gasteiger partial charge on any atom is 0.225 e. The first-order valence-corrected chi connectivity index (χ1v) is 5.55. The van der Waals surface area contributed by atoms with E-state index >= 15 is 0 Å². The van der Waals surface area contributed by atoms with E-state index in [1.165, 1.54) is 0 Å². The van der Waals surface area contributed by atoms with Crippen LogP contribution >= 0.6 is 0 Å². The Balaban J connectivity index is 2.03. The second kappa shape index (κ2) is 3.76. The van der Waals surface area contributed by atoms with Crippen LogP contribution in [0.2, 0.25) is 0 Å². The highest BCUT2D eigenvalue weighted by molar-refractivity contribution is 5.35. The number of hydrogen-bond acceptors (Lipinski definition) is 5. The van der Waals surface area contributed by atoms with Gasteiger partial charge in [-0.25, -0.2) is 0 Å². The van der Waals surface area contributed by atoms with Crippen molar-refractivity contribution in [1.82, 2.24) is 0 Å². The highest BCUT2D eigenvalue weighted by atomic mass is 16.7. The van der Waals surface area contributed by atoms with Crippen molar-refractivity contribution in [2.24, 2.45) is 0 Å². The summed E-state index contributed by atoms with van der Waals surface area (Å²) >= 11 is 0. The fraction of sp³-hybridized carbons (Fsp3) is 0.500. The van der Waals surface area contributed by atoms with Crippen LogP contribution in [-0.2, 0) is 21.9 Å². The summed E-state index contributed by atoms with van der Waals surface area (Å²) in [6, 6.07) is 7.39. The van der Waals surface area contributed by atoms with Gasteiger partial charge in [0, 0.05) is 5.56 Å². The summed E-state index contributed by atoms with van der Waals surface area (Å²) in [4.78, 5) is 0. The van der Waals surface area contributed by atoms with Gasteiger partial charge in [-0.2, -0.15) is 0 Å². The van der Waals surface area contributed by atoms with Crippen LogP contribution < -0.4 is 0 Å². The summed E-state index contributed by atoms with van der Waals surface area (Å²) in [7, 11) is 0. The molecule has 0 aromatic heterocycles. The van der Waals surface area contributed by atoms with Gasteiger partial charge in [-0.3, -0.25) is 0 Å². The van der Waals surface area contributed by atoms with E-state index in [2.05, 4.69) is 0 Å². The lowest BCUT2D eigenvalue weighted by Gasteiger charge is -2.42. The Morgan fingerprint density at radius 3 is 2.71 bits per heavy atom. The van der Waals surface area contributed by atoms with Crippen LogP contribution in [0.1, 0.15) is 11.1 Å². The molecule has 1 fully saturated rings. The molecule has 0 radical (unpaired) electrons. The summed E-state index contributed by atoms with van der Waals surface area (Å²) in [6.07, 6.45) is -3.66. The Labute approximate surface area is 98.2 Å². The minimum atomic E-state index is -1.34. The Bertz CT molecular complexity index is 435. The maximum atomic E-state index is 10.1. The van der Waals surface area contributed by atoms with Gasteiger partial charge in [-0.15, -0.1) is 0 Å². The summed E-state index contributed by atoms with van der Waals surface area (Å²) in [5.41, 5.74) is 1.65. The normalized spacial score (nSPS) is 40.5. The highest BCUT2D eigenvalue weighted by Crippen LogP contribution is 2.43. The molecule has 2 aliphatic rings. The van der Waals surface area contributed by atoms with Gasteiger partial charge < -0.3 is 24.8 Å². The number of ether oxygens (including phenoxy) is 2. The largest absolute Gasteiger partial charge is 0.388 e. The van der Waals surface area contributed by atoms with Gasteiger partial charge in [0.15, 0.2) is 0 Å². The molecule has 1 spiro atoms. The Hall–Kier alpha value is -0.980. The predicted octanol–water partition coefficient (Wildman–Crippen LogP) is -0.518. The fourth-order valence-electron chi connectivity index (χ4n) is 2.44. The lowest BCUT2D eigenvalue weighted by atomic mass is 9.90. The van der Waals surface area contributed by atoms with Crippen molar-refractivity contribution in [2.45, 2.75) is 30.7 Å². The van der Waals surface area contributed by atoms with Crippen molar-refractivity contribution < 1.29 is 24.8 Å². The molecule has 3 rings (SSSR count). The average Bonchev–Trinajstić information content (AvgIpc) is 2.73. The molecule has 17 heavy (non-hydrogen) atoms. The Kier molecular flexibility index (Phi) is 2.46. The van der Waals surface area contributed by atoms with E-state index in [1.54, 1.807) is 6.07 Å². The molecular weight excluding hydrogens is 224 g/mol. The van der Waals surface area contributed by atoms with Gasteiger partial charge in [0.1, 0.15) is 18.3 Å². The molecule has 2 heterocycles. The third-order valence-electron chi connectivity index (χ3n) is 3.41. The molecular formula is C12H14O5. The lowest BCUT2D eigenvalue weighted by molar-refractivity contribution is -0.342. The molecule has 92 valence electrons. The topological polar surface area (TPSA) is 79.2 Å². The quantitative estimate of drug-likeness (QED) is 0.567. The predicted molar refractivity (Wildman–Crippen MR) is 56.9 cm³/mol. The fourth-order valence-corrected chi connectivity index (χ4v) is 2.44. The van der Waals surface area contributed by atoms with E-state index < -0.39 is 24.1 Å². The first-order chi connectivity index (χ1) is 8.15. The van der Waals surface area contributed by atoms with Crippen molar-refractivity contribution in [3.8, 4) is 0 Å². The van der Waals surface area contributed by atoms with E-state index in [0.717, 1.165) is 11.1 Å². The molecule has 1 saturated heterocycles. The lowest BCUT2D eigenvalue weighted by Crippen LogP contribution is -2.58. The van der Waals surface area contributed by atoms with Gasteiger partial charge in [0.25, 0.3) is 0 Å². The minimum Gasteiger partial charge on any atom is -0.388 e. The van der Waals surface area contributed by atoms with Crippen molar-refractivity contribution in [1.29, 1.82) is 0 Å². The van der Waals surface area contributed by atoms with Crippen LogP contribution in [0.3, 0.4) is 0 Å². The number of rotatable bonds is 0. The molecule has 3 N–H and O–H groups in total. The molecule has 2 aliphatic heterocycles. The van der Waals surface area contributed by atoms with Crippen molar-refractivity contribution in [3.05, 3.63) is 35.4 Å². The number of aliphatic hydroxyl groups is 3. The van der Waals surface area contributed by atoms with Crippen LogP contribution in [0.5, 0.6) is 0 Å². The van der Waals surface area contributed by atoms with Crippen LogP contribution in [-0.4, -0.2) is 40.2 Å². The van der Waals surface area contributed by atoms with Gasteiger partial charge in [0.05, 0.1) is 13.2 Å². The minimum absolute atomic E-state index is 0.0629. The summed E-state index contributed by atoms with van der Waals surface area (Å²) in [6.45, 7) is 0.266. The van der Waals surface area contributed by atoms with Crippen LogP contribution in [0.15, 0.2) is 24.3 Å². The molecule has 0 bridgehead atoms. The van der Waals surface area contributed by atoms with E-state index in [1.807, 2.05) is 18.2 Å². The molecule has 1 aromatic carbocycles. The van der Waals surface area contributed by atoms with E-state index in [9.17, 15) is 15.3 Å². The highest BCUT2D eigenvalue weighted by Gasteiger charge is 2.55. The second-order valence-corrected chi connectivity index (χ2v) is 4.43. The number of benzene rings is 1. The van der Waals surface area contributed by atoms with Crippen LogP contribution in [0.25, 0.3) is 0 Å². The Morgan fingerprint density at radius 2 is 1.88 bits per heavy atom. The monoisotopic (exact) mass is 238 g/mol. The van der Waals surface area contributed by atoms with Crippen LogP contribution in [0, 0.1) is 0 Å². The average molecular weight is 238 g/mol. The molecule has 5 heteroatoms. The Morgan fingerprint density at radius 1 is 1.12 bits per heavy atom. The van der Waals surface area contributed by atoms with Crippen LogP contribution in [0.4, 0.5) is 0 Å². The van der Waals surface area contributed by atoms with Gasteiger partial charge >= 0.3 is 0 Å². The van der Waals surface area contributed by atoms with Crippen molar-refractivity contribution in [3.63, 3.8) is 0 Å². The number of aliphatic hydroxyl groups excluding tert-OH is 3. The zero-order chi connectivity index (χ0) is 12.0. The third kappa shape index (κ3) is 1.44. The van der Waals surface area contributed by atoms with E-state index in [0.29, 0.717) is 6.61 Å². The molecule has 0 aliphatic carbocycles. The zero-order valence-electron chi connectivity index (χ0n) is 9.11. The third-order valence-corrected chi connectivity index (χ3v) is 3.41. The maximum absolute atomic E-state index is 10.1. The zero-order valence-corrected chi connectivity index (χ0v) is 9.11. The first kappa shape index (κ1) is 11.1. The van der Waals surface area contributed by atoms with Gasteiger partial charge in [-0.1, -0.05) is 24.3 Å². The van der Waals surface area contributed by atoms with E-state index in [-0.39, 0.29) is 6.61 Å². The first-order valence-electron chi connectivity index (χ1n) is 5.55. The molecule has 0 amide bonds. The van der Waals surface area contributed by atoms with Gasteiger partial charge in [0.2, 0.25) is 5.79 Å². The molecule has 0 saturated carbocycles. The number of hydrogen-bond donors (Lipinski definition) is 3. The molecule has 4 atom stereocenters. The molecule has 5 nitrogen and oxygen atoms in total. The summed E-state index contributed by atoms with van der Waals surface area (Å²) < 4.78 is 11.0. The second-order valence-electron chi connectivity index (χ2n) is 4.43. The smallest absolute Gasteiger partial charge is 0.225 e. The van der Waals surface area contributed by atoms with Gasteiger partial charge in [-0.05, 0) is 5.56 Å². The summed E-state index contributed by atoms with van der Waals surface area (Å²) in [5.74, 6) is -1.34. The molecule has 1 aromatic rings. The standard InChI is InChI=1S/C12H14O5/c13-9-6-17-12(11(15)10(9)14)8-4-2-1-3-7(8)5-16-12/h1-4,9-11,13-15H,5-6H2. The number of fused-ring (bicyclic) bond motifs is 2. The van der Waals surface area contributed by atoms with E-state index in [4.69, 9.17) is 9.47 Å². The molecule has 4 unspecified atom stereocenters. The summed E-state index contributed by atoms with van der Waals surface area (Å²) in [5, 5.41) is 29.3. The SMILES string of the molecule is OC1COC2(OCc3ccccc32)C(O)C1O. The van der Waals surface area contributed by atoms with Crippen molar-refractivity contribution in [2.75, 3.05) is 6.61 Å². The van der Waals surface area contributed by atoms with Crippen molar-refractivity contribution >= 4 is 0 Å².